The maximum Gasteiger partial charge on any atom is 0.329 e. The van der Waals surface area contributed by atoms with Gasteiger partial charge in [-0.1, -0.05) is 46.5 Å². The minimum Gasteiger partial charge on any atom is -0.455 e. The van der Waals surface area contributed by atoms with Gasteiger partial charge >= 0.3 is 5.97 Å². The van der Waals surface area contributed by atoms with Crippen molar-refractivity contribution in [2.45, 2.75) is 89.8 Å². The first-order valence-corrected chi connectivity index (χ1v) is 9.85. The van der Waals surface area contributed by atoms with E-state index in [1.54, 1.807) is 0 Å². The standard InChI is InChI=1S/C19H33NO6/c1-4-5-6-7-8-9-15(22)20-16(12(2)3)19(23)26-14-11-25-17-13(21)10-24-18(14)17/h12-14,16-18,21H,4-11H2,1-3H3,(H,20,22). The van der Waals surface area contributed by atoms with E-state index in [4.69, 9.17) is 14.2 Å². The van der Waals surface area contributed by atoms with Crippen molar-refractivity contribution in [3.63, 3.8) is 0 Å². The van der Waals surface area contributed by atoms with Gasteiger partial charge in [-0.3, -0.25) is 4.79 Å². The fourth-order valence-electron chi connectivity index (χ4n) is 3.40. The van der Waals surface area contributed by atoms with Gasteiger partial charge in [-0.2, -0.15) is 0 Å². The maximum atomic E-state index is 12.6. The number of carbonyl (C=O) groups is 2. The number of carbonyl (C=O) groups excluding carboxylic acids is 2. The Bertz CT molecular complexity index is 469. The topological polar surface area (TPSA) is 94.1 Å². The van der Waals surface area contributed by atoms with Crippen molar-refractivity contribution in [1.29, 1.82) is 0 Å². The summed E-state index contributed by atoms with van der Waals surface area (Å²) in [6.45, 7) is 6.29. The van der Waals surface area contributed by atoms with E-state index in [1.807, 2.05) is 13.8 Å². The Labute approximate surface area is 155 Å². The summed E-state index contributed by atoms with van der Waals surface area (Å²) < 4.78 is 16.5. The number of hydrogen-bond acceptors (Lipinski definition) is 6. The second-order valence-corrected chi connectivity index (χ2v) is 7.59. The molecule has 0 spiro atoms. The average molecular weight is 371 g/mol. The van der Waals surface area contributed by atoms with Gasteiger partial charge in [0.2, 0.25) is 5.91 Å². The predicted octanol–water partition coefficient (Wildman–Crippen LogP) is 1.56. The number of nitrogens with one attached hydrogen (secondary N) is 1. The van der Waals surface area contributed by atoms with Crippen LogP contribution in [0, 0.1) is 5.92 Å². The Morgan fingerprint density at radius 1 is 1.12 bits per heavy atom. The van der Waals surface area contributed by atoms with Gasteiger partial charge in [0.25, 0.3) is 0 Å². The van der Waals surface area contributed by atoms with Crippen molar-refractivity contribution in [2.24, 2.45) is 5.92 Å². The molecule has 0 saturated carbocycles. The normalized spacial score (nSPS) is 28.8. The third kappa shape index (κ3) is 5.66. The molecule has 150 valence electrons. The molecule has 5 unspecified atom stereocenters. The fourth-order valence-corrected chi connectivity index (χ4v) is 3.40. The third-order valence-corrected chi connectivity index (χ3v) is 4.99. The van der Waals surface area contributed by atoms with E-state index < -0.39 is 36.4 Å². The summed E-state index contributed by atoms with van der Waals surface area (Å²) in [7, 11) is 0. The molecule has 0 bridgehead atoms. The molecular weight excluding hydrogens is 338 g/mol. The van der Waals surface area contributed by atoms with E-state index in [1.165, 1.54) is 12.8 Å². The molecule has 2 aliphatic rings. The summed E-state index contributed by atoms with van der Waals surface area (Å²) in [6, 6.07) is -0.691. The summed E-state index contributed by atoms with van der Waals surface area (Å²) in [5.41, 5.74) is 0. The van der Waals surface area contributed by atoms with Crippen LogP contribution in [0.4, 0.5) is 0 Å². The van der Waals surface area contributed by atoms with E-state index >= 15 is 0 Å². The summed E-state index contributed by atoms with van der Waals surface area (Å²) in [6.07, 6.45) is 3.67. The molecule has 0 aromatic heterocycles. The number of aliphatic hydroxyl groups is 1. The number of esters is 1. The summed E-state index contributed by atoms with van der Waals surface area (Å²) in [5.74, 6) is -0.677. The molecule has 7 heteroatoms. The Morgan fingerprint density at radius 3 is 2.50 bits per heavy atom. The quantitative estimate of drug-likeness (QED) is 0.447. The molecule has 2 saturated heterocycles. The smallest absolute Gasteiger partial charge is 0.329 e. The highest BCUT2D eigenvalue weighted by molar-refractivity contribution is 5.84. The number of rotatable bonds is 10. The Morgan fingerprint density at radius 2 is 1.81 bits per heavy atom. The van der Waals surface area contributed by atoms with Crippen molar-refractivity contribution in [2.75, 3.05) is 13.2 Å². The highest BCUT2D eigenvalue weighted by atomic mass is 16.6. The average Bonchev–Trinajstić information content (AvgIpc) is 3.16. The van der Waals surface area contributed by atoms with Crippen LogP contribution in [0.3, 0.4) is 0 Å². The van der Waals surface area contributed by atoms with Crippen LogP contribution in [0.1, 0.15) is 59.3 Å². The van der Waals surface area contributed by atoms with Crippen LogP contribution in [0.25, 0.3) is 0 Å². The van der Waals surface area contributed by atoms with Crippen LogP contribution in [0.2, 0.25) is 0 Å². The van der Waals surface area contributed by atoms with E-state index in [0.717, 1.165) is 19.3 Å². The number of unbranched alkanes of at least 4 members (excludes halogenated alkanes) is 4. The molecule has 0 aromatic carbocycles. The maximum absolute atomic E-state index is 12.6. The van der Waals surface area contributed by atoms with Gasteiger partial charge in [-0.05, 0) is 12.3 Å². The Balaban J connectivity index is 1.79. The van der Waals surface area contributed by atoms with Crippen LogP contribution in [-0.4, -0.2) is 60.7 Å². The van der Waals surface area contributed by atoms with Gasteiger partial charge in [-0.15, -0.1) is 0 Å². The lowest BCUT2D eigenvalue weighted by atomic mass is 10.0. The van der Waals surface area contributed by atoms with Crippen molar-refractivity contribution >= 4 is 11.9 Å². The number of hydrogen-bond donors (Lipinski definition) is 2. The van der Waals surface area contributed by atoms with Gasteiger partial charge in [0.05, 0.1) is 13.2 Å². The summed E-state index contributed by atoms with van der Waals surface area (Å²) in [4.78, 5) is 24.7. The lowest BCUT2D eigenvalue weighted by Crippen LogP contribution is -2.47. The zero-order valence-electron chi connectivity index (χ0n) is 16.1. The monoisotopic (exact) mass is 371 g/mol. The highest BCUT2D eigenvalue weighted by Crippen LogP contribution is 2.29. The SMILES string of the molecule is CCCCCCCC(=O)NC(C(=O)OC1COC2C(O)COC12)C(C)C. The van der Waals surface area contributed by atoms with Gasteiger partial charge < -0.3 is 24.6 Å². The minimum atomic E-state index is -0.691. The largest absolute Gasteiger partial charge is 0.455 e. The molecule has 2 aliphatic heterocycles. The summed E-state index contributed by atoms with van der Waals surface area (Å²) in [5, 5.41) is 12.6. The molecule has 2 rings (SSSR count). The number of ether oxygens (including phenoxy) is 3. The van der Waals surface area contributed by atoms with Crippen LogP contribution >= 0.6 is 0 Å². The molecule has 26 heavy (non-hydrogen) atoms. The first-order chi connectivity index (χ1) is 12.4. The van der Waals surface area contributed by atoms with Gasteiger partial charge in [-0.25, -0.2) is 4.79 Å². The molecule has 0 aromatic rings. The van der Waals surface area contributed by atoms with E-state index in [-0.39, 0.29) is 25.0 Å². The first kappa shape index (κ1) is 21.1. The predicted molar refractivity (Wildman–Crippen MR) is 95.5 cm³/mol. The number of aliphatic hydroxyl groups excluding tert-OH is 1. The molecule has 2 N–H and O–H groups in total. The molecule has 1 amide bonds. The zero-order chi connectivity index (χ0) is 19.1. The van der Waals surface area contributed by atoms with Crippen molar-refractivity contribution in [3.8, 4) is 0 Å². The molecule has 7 nitrogen and oxygen atoms in total. The molecule has 0 aliphatic carbocycles. The first-order valence-electron chi connectivity index (χ1n) is 9.85. The van der Waals surface area contributed by atoms with Crippen LogP contribution in [-0.2, 0) is 23.8 Å². The van der Waals surface area contributed by atoms with Crippen molar-refractivity contribution < 1.29 is 28.9 Å². The minimum absolute atomic E-state index is 0.0836. The van der Waals surface area contributed by atoms with Crippen LogP contribution < -0.4 is 5.32 Å². The van der Waals surface area contributed by atoms with E-state index in [0.29, 0.717) is 6.42 Å². The second-order valence-electron chi connectivity index (χ2n) is 7.59. The third-order valence-electron chi connectivity index (χ3n) is 4.99. The Hall–Kier alpha value is -1.18. The highest BCUT2D eigenvalue weighted by Gasteiger charge is 2.49. The molecule has 2 heterocycles. The van der Waals surface area contributed by atoms with Crippen LogP contribution in [0.5, 0.6) is 0 Å². The number of fused-ring (bicyclic) bond motifs is 1. The van der Waals surface area contributed by atoms with Gasteiger partial charge in [0.1, 0.15) is 24.4 Å². The fraction of sp³-hybridized carbons (Fsp3) is 0.895. The zero-order valence-corrected chi connectivity index (χ0v) is 16.1. The second kappa shape index (κ2) is 10.2. The van der Waals surface area contributed by atoms with Gasteiger partial charge in [0, 0.05) is 6.42 Å². The van der Waals surface area contributed by atoms with Crippen molar-refractivity contribution in [1.82, 2.24) is 5.32 Å². The molecular formula is C19H33NO6. The lowest BCUT2D eigenvalue weighted by molar-refractivity contribution is -0.158. The summed E-state index contributed by atoms with van der Waals surface area (Å²) >= 11 is 0. The molecule has 2 fully saturated rings. The van der Waals surface area contributed by atoms with E-state index in [2.05, 4.69) is 12.2 Å². The van der Waals surface area contributed by atoms with Crippen LogP contribution in [0.15, 0.2) is 0 Å². The van der Waals surface area contributed by atoms with Gasteiger partial charge in [0.15, 0.2) is 6.10 Å². The van der Waals surface area contributed by atoms with Crippen molar-refractivity contribution in [3.05, 3.63) is 0 Å². The lowest BCUT2D eigenvalue weighted by Gasteiger charge is -2.24. The van der Waals surface area contributed by atoms with E-state index in [9.17, 15) is 14.7 Å². The Kier molecular flexibility index (Phi) is 8.31. The number of amides is 1. The molecule has 0 radical (unpaired) electrons. The molecule has 5 atom stereocenters.